The molecule has 0 fully saturated rings. The summed E-state index contributed by atoms with van der Waals surface area (Å²) >= 11 is 0. The van der Waals surface area contributed by atoms with Gasteiger partial charge in [-0.15, -0.1) is 0 Å². The van der Waals surface area contributed by atoms with Gasteiger partial charge in [-0.1, -0.05) is 45.9 Å². The Morgan fingerprint density at radius 1 is 1.18 bits per heavy atom. The summed E-state index contributed by atoms with van der Waals surface area (Å²) in [6.45, 7) is 8.98. The van der Waals surface area contributed by atoms with Gasteiger partial charge in [0.15, 0.2) is 0 Å². The van der Waals surface area contributed by atoms with Crippen LogP contribution in [0, 0.1) is 5.41 Å². The van der Waals surface area contributed by atoms with Crippen molar-refractivity contribution >= 4 is 11.6 Å². The van der Waals surface area contributed by atoms with Crippen molar-refractivity contribution in [3.63, 3.8) is 0 Å². The van der Waals surface area contributed by atoms with E-state index in [4.69, 9.17) is 0 Å². The van der Waals surface area contributed by atoms with Gasteiger partial charge < -0.3 is 4.90 Å². The van der Waals surface area contributed by atoms with Crippen LogP contribution in [0.1, 0.15) is 40.5 Å². The topological polar surface area (TPSA) is 20.3 Å². The molecule has 0 aliphatic rings. The number of benzene rings is 1. The molecule has 0 spiro atoms. The Labute approximate surface area is 105 Å². The molecule has 0 aromatic heterocycles. The van der Waals surface area contributed by atoms with Gasteiger partial charge in [0.05, 0.1) is 0 Å². The van der Waals surface area contributed by atoms with Crippen molar-refractivity contribution in [1.82, 2.24) is 0 Å². The molecule has 2 heteroatoms. The number of para-hydroxylation sites is 1. The molecular weight excluding hydrogens is 210 g/mol. The summed E-state index contributed by atoms with van der Waals surface area (Å²) in [6, 6.07) is 9.93. The molecule has 1 aromatic carbocycles. The van der Waals surface area contributed by atoms with Gasteiger partial charge in [0.2, 0.25) is 5.91 Å². The van der Waals surface area contributed by atoms with E-state index in [0.717, 1.165) is 25.1 Å². The molecule has 0 aliphatic heterocycles. The van der Waals surface area contributed by atoms with Gasteiger partial charge in [-0.05, 0) is 25.0 Å². The van der Waals surface area contributed by atoms with E-state index in [-0.39, 0.29) is 11.3 Å². The number of carbonyl (C=O) groups is 1. The monoisotopic (exact) mass is 233 g/mol. The molecule has 0 N–H and O–H groups in total. The normalized spacial score (nSPS) is 11.3. The minimum absolute atomic E-state index is 0.216. The van der Waals surface area contributed by atoms with Crippen LogP contribution in [0.25, 0.3) is 0 Å². The fraction of sp³-hybridized carbons (Fsp3) is 0.533. The van der Waals surface area contributed by atoms with E-state index in [1.807, 2.05) is 49.1 Å². The molecule has 1 amide bonds. The maximum absolute atomic E-state index is 12.5. The number of hydrogen-bond donors (Lipinski definition) is 0. The van der Waals surface area contributed by atoms with E-state index in [1.165, 1.54) is 0 Å². The largest absolute Gasteiger partial charge is 0.312 e. The van der Waals surface area contributed by atoms with Crippen molar-refractivity contribution < 1.29 is 4.79 Å². The average molecular weight is 233 g/mol. The SMILES string of the molecule is CCCN(C(=O)C(C)(C)CC)c1ccccc1. The summed E-state index contributed by atoms with van der Waals surface area (Å²) in [4.78, 5) is 14.4. The smallest absolute Gasteiger partial charge is 0.232 e. The molecule has 1 aromatic rings. The first-order chi connectivity index (χ1) is 8.03. The number of rotatable bonds is 5. The van der Waals surface area contributed by atoms with E-state index < -0.39 is 0 Å². The minimum Gasteiger partial charge on any atom is -0.312 e. The van der Waals surface area contributed by atoms with Crippen molar-refractivity contribution in [2.75, 3.05) is 11.4 Å². The lowest BCUT2D eigenvalue weighted by Crippen LogP contribution is -2.41. The van der Waals surface area contributed by atoms with Gasteiger partial charge in [0.25, 0.3) is 0 Å². The Balaban J connectivity index is 2.98. The van der Waals surface area contributed by atoms with Crippen LogP contribution in [0.15, 0.2) is 30.3 Å². The fourth-order valence-corrected chi connectivity index (χ4v) is 1.70. The Kier molecular flexibility index (Phi) is 4.73. The minimum atomic E-state index is -0.287. The molecule has 1 rings (SSSR count). The van der Waals surface area contributed by atoms with E-state index in [2.05, 4.69) is 13.8 Å². The van der Waals surface area contributed by atoms with Crippen LogP contribution in [-0.4, -0.2) is 12.5 Å². The standard InChI is InChI=1S/C15H23NO/c1-5-12-16(13-10-8-7-9-11-13)14(17)15(3,4)6-2/h7-11H,5-6,12H2,1-4H3. The van der Waals surface area contributed by atoms with Crippen molar-refractivity contribution in [2.45, 2.75) is 40.5 Å². The van der Waals surface area contributed by atoms with Gasteiger partial charge in [-0.3, -0.25) is 4.79 Å². The highest BCUT2D eigenvalue weighted by Gasteiger charge is 2.30. The molecule has 0 atom stereocenters. The van der Waals surface area contributed by atoms with Crippen LogP contribution in [-0.2, 0) is 4.79 Å². The summed E-state index contributed by atoms with van der Waals surface area (Å²) in [5.41, 5.74) is 0.714. The molecule has 17 heavy (non-hydrogen) atoms. The van der Waals surface area contributed by atoms with Crippen LogP contribution in [0.4, 0.5) is 5.69 Å². The number of hydrogen-bond acceptors (Lipinski definition) is 1. The first-order valence-corrected chi connectivity index (χ1v) is 6.40. The van der Waals surface area contributed by atoms with Gasteiger partial charge in [0.1, 0.15) is 0 Å². The Hall–Kier alpha value is -1.31. The summed E-state index contributed by atoms with van der Waals surface area (Å²) in [6.07, 6.45) is 1.83. The van der Waals surface area contributed by atoms with Crippen molar-refractivity contribution in [2.24, 2.45) is 5.41 Å². The highest BCUT2D eigenvalue weighted by atomic mass is 16.2. The van der Waals surface area contributed by atoms with Crippen LogP contribution in [0.3, 0.4) is 0 Å². The predicted molar refractivity (Wildman–Crippen MR) is 73.2 cm³/mol. The molecular formula is C15H23NO. The van der Waals surface area contributed by atoms with Crippen LogP contribution >= 0.6 is 0 Å². The zero-order chi connectivity index (χ0) is 12.9. The van der Waals surface area contributed by atoms with Crippen LogP contribution in [0.2, 0.25) is 0 Å². The maximum Gasteiger partial charge on any atom is 0.232 e. The lowest BCUT2D eigenvalue weighted by Gasteiger charge is -2.31. The molecule has 0 saturated carbocycles. The van der Waals surface area contributed by atoms with E-state index >= 15 is 0 Å². The molecule has 0 heterocycles. The Morgan fingerprint density at radius 3 is 2.24 bits per heavy atom. The van der Waals surface area contributed by atoms with Gasteiger partial charge >= 0.3 is 0 Å². The third-order valence-corrected chi connectivity index (χ3v) is 3.22. The lowest BCUT2D eigenvalue weighted by atomic mass is 9.88. The van der Waals surface area contributed by atoms with Crippen LogP contribution in [0.5, 0.6) is 0 Å². The third-order valence-electron chi connectivity index (χ3n) is 3.22. The third kappa shape index (κ3) is 3.32. The Morgan fingerprint density at radius 2 is 1.76 bits per heavy atom. The van der Waals surface area contributed by atoms with E-state index in [9.17, 15) is 4.79 Å². The van der Waals surface area contributed by atoms with Gasteiger partial charge in [0, 0.05) is 17.6 Å². The van der Waals surface area contributed by atoms with Gasteiger partial charge in [-0.2, -0.15) is 0 Å². The second kappa shape index (κ2) is 5.85. The number of nitrogens with zero attached hydrogens (tertiary/aromatic N) is 1. The second-order valence-corrected chi connectivity index (χ2v) is 5.03. The average Bonchev–Trinajstić information content (AvgIpc) is 2.36. The molecule has 0 saturated heterocycles. The molecule has 0 radical (unpaired) electrons. The van der Waals surface area contributed by atoms with E-state index in [0.29, 0.717) is 0 Å². The maximum atomic E-state index is 12.5. The first kappa shape index (κ1) is 13.8. The first-order valence-electron chi connectivity index (χ1n) is 6.40. The molecule has 0 aliphatic carbocycles. The molecule has 2 nitrogen and oxygen atoms in total. The number of amides is 1. The highest BCUT2D eigenvalue weighted by Crippen LogP contribution is 2.26. The Bertz CT molecular complexity index is 356. The molecule has 0 bridgehead atoms. The molecule has 94 valence electrons. The zero-order valence-corrected chi connectivity index (χ0v) is 11.4. The number of anilines is 1. The zero-order valence-electron chi connectivity index (χ0n) is 11.4. The fourth-order valence-electron chi connectivity index (χ4n) is 1.70. The summed E-state index contributed by atoms with van der Waals surface area (Å²) in [5.74, 6) is 0.216. The highest BCUT2D eigenvalue weighted by molar-refractivity contribution is 5.97. The number of carbonyl (C=O) groups excluding carboxylic acids is 1. The van der Waals surface area contributed by atoms with Crippen molar-refractivity contribution in [3.05, 3.63) is 30.3 Å². The lowest BCUT2D eigenvalue weighted by molar-refractivity contribution is -0.126. The second-order valence-electron chi connectivity index (χ2n) is 5.03. The summed E-state index contributed by atoms with van der Waals surface area (Å²) in [7, 11) is 0. The van der Waals surface area contributed by atoms with Gasteiger partial charge in [-0.25, -0.2) is 0 Å². The predicted octanol–water partition coefficient (Wildman–Crippen LogP) is 3.87. The summed E-state index contributed by atoms with van der Waals surface area (Å²) in [5, 5.41) is 0. The molecule has 0 unspecified atom stereocenters. The van der Waals surface area contributed by atoms with Crippen molar-refractivity contribution in [3.8, 4) is 0 Å². The van der Waals surface area contributed by atoms with Crippen molar-refractivity contribution in [1.29, 1.82) is 0 Å². The summed E-state index contributed by atoms with van der Waals surface area (Å²) < 4.78 is 0. The van der Waals surface area contributed by atoms with E-state index in [1.54, 1.807) is 0 Å². The van der Waals surface area contributed by atoms with Crippen LogP contribution < -0.4 is 4.90 Å². The quantitative estimate of drug-likeness (QED) is 0.756.